The van der Waals surface area contributed by atoms with E-state index in [1.807, 2.05) is 6.92 Å². The number of carbonyl (C=O) groups is 1. The molecule has 0 bridgehead atoms. The van der Waals surface area contributed by atoms with Crippen molar-refractivity contribution in [2.45, 2.75) is 25.9 Å². The van der Waals surface area contributed by atoms with Gasteiger partial charge in [-0.3, -0.25) is 0 Å². The third kappa shape index (κ3) is 5.85. The van der Waals surface area contributed by atoms with Crippen LogP contribution >= 0.6 is 0 Å². The summed E-state index contributed by atoms with van der Waals surface area (Å²) in [5.74, 6) is -0.335. The predicted octanol–water partition coefficient (Wildman–Crippen LogP) is -0.171. The summed E-state index contributed by atoms with van der Waals surface area (Å²) < 4.78 is 4.60. The van der Waals surface area contributed by atoms with Crippen molar-refractivity contribution < 1.29 is 19.7 Å². The smallest absolute Gasteiger partial charge is 0.333 e. The second-order valence-corrected chi connectivity index (χ2v) is 3.86. The number of esters is 1. The van der Waals surface area contributed by atoms with Crippen LogP contribution in [0.15, 0.2) is 11.6 Å². The summed E-state index contributed by atoms with van der Waals surface area (Å²) in [5.41, 5.74) is -0.537. The van der Waals surface area contributed by atoms with Gasteiger partial charge in [-0.15, -0.1) is 0 Å². The van der Waals surface area contributed by atoms with Gasteiger partial charge in [0.2, 0.25) is 0 Å². The Morgan fingerprint density at radius 1 is 1.56 bits per heavy atom. The van der Waals surface area contributed by atoms with Crippen molar-refractivity contribution in [1.29, 1.82) is 0 Å². The molecule has 3 N–H and O–H groups in total. The number of nitrogens with one attached hydrogen (secondary N) is 1. The van der Waals surface area contributed by atoms with Crippen molar-refractivity contribution >= 4 is 5.97 Å². The first-order valence-corrected chi connectivity index (χ1v) is 5.28. The summed E-state index contributed by atoms with van der Waals surface area (Å²) in [6.07, 6.45) is 2.32. The van der Waals surface area contributed by atoms with Gasteiger partial charge in [-0.2, -0.15) is 0 Å². The van der Waals surface area contributed by atoms with Crippen molar-refractivity contribution in [2.24, 2.45) is 0 Å². The van der Waals surface area contributed by atoms with Gasteiger partial charge in [-0.05, 0) is 13.3 Å². The molecule has 0 fully saturated rings. The van der Waals surface area contributed by atoms with Gasteiger partial charge in [0.05, 0.1) is 19.3 Å². The molecule has 0 rings (SSSR count). The van der Waals surface area contributed by atoms with Crippen LogP contribution in [0.1, 0.15) is 20.3 Å². The van der Waals surface area contributed by atoms with Crippen molar-refractivity contribution in [3.05, 3.63) is 11.6 Å². The molecule has 0 radical (unpaired) electrons. The van der Waals surface area contributed by atoms with E-state index in [0.29, 0.717) is 18.5 Å². The molecule has 16 heavy (non-hydrogen) atoms. The van der Waals surface area contributed by atoms with Crippen LogP contribution in [-0.2, 0) is 9.53 Å². The van der Waals surface area contributed by atoms with Crippen molar-refractivity contribution in [3.63, 3.8) is 0 Å². The Morgan fingerprint density at radius 3 is 2.62 bits per heavy atom. The molecule has 0 aromatic rings. The predicted molar refractivity (Wildman–Crippen MR) is 61.0 cm³/mol. The molecule has 0 saturated heterocycles. The molecule has 0 aromatic heterocycles. The van der Waals surface area contributed by atoms with Gasteiger partial charge in [0.15, 0.2) is 0 Å². The SMILES string of the molecule is CCC(=CCNCC(C)(O)CO)C(=O)OC. The molecule has 0 heterocycles. The van der Waals surface area contributed by atoms with E-state index < -0.39 is 5.60 Å². The highest BCUT2D eigenvalue weighted by Gasteiger charge is 2.17. The highest BCUT2D eigenvalue weighted by molar-refractivity contribution is 5.88. The van der Waals surface area contributed by atoms with E-state index in [1.54, 1.807) is 6.08 Å². The number of methoxy groups -OCH3 is 1. The average molecular weight is 231 g/mol. The third-order valence-corrected chi connectivity index (χ3v) is 2.17. The minimum atomic E-state index is -1.13. The molecule has 0 aliphatic carbocycles. The molecule has 5 nitrogen and oxygen atoms in total. The summed E-state index contributed by atoms with van der Waals surface area (Å²) in [6, 6.07) is 0. The number of carbonyl (C=O) groups excluding carboxylic acids is 1. The fourth-order valence-electron chi connectivity index (χ4n) is 1.10. The Morgan fingerprint density at radius 2 is 2.19 bits per heavy atom. The molecular formula is C11H21NO4. The Hall–Kier alpha value is -0.910. The van der Waals surface area contributed by atoms with E-state index in [4.69, 9.17) is 5.11 Å². The maximum Gasteiger partial charge on any atom is 0.333 e. The van der Waals surface area contributed by atoms with Gasteiger partial charge in [-0.1, -0.05) is 13.0 Å². The third-order valence-electron chi connectivity index (χ3n) is 2.17. The lowest BCUT2D eigenvalue weighted by Gasteiger charge is -2.20. The zero-order valence-electron chi connectivity index (χ0n) is 10.1. The minimum absolute atomic E-state index is 0.262. The summed E-state index contributed by atoms with van der Waals surface area (Å²) in [5, 5.41) is 21.2. The van der Waals surface area contributed by atoms with Gasteiger partial charge in [0.25, 0.3) is 0 Å². The lowest BCUT2D eigenvalue weighted by molar-refractivity contribution is -0.136. The first-order chi connectivity index (χ1) is 7.46. The largest absolute Gasteiger partial charge is 0.466 e. The van der Waals surface area contributed by atoms with Gasteiger partial charge in [0, 0.05) is 18.7 Å². The highest BCUT2D eigenvalue weighted by Crippen LogP contribution is 2.02. The second kappa shape index (κ2) is 7.38. The molecule has 5 heteroatoms. The number of ether oxygens (including phenoxy) is 1. The van der Waals surface area contributed by atoms with Gasteiger partial charge in [0.1, 0.15) is 0 Å². The van der Waals surface area contributed by atoms with Crippen LogP contribution in [0.5, 0.6) is 0 Å². The van der Waals surface area contributed by atoms with Crippen LogP contribution in [-0.4, -0.2) is 48.6 Å². The molecule has 0 aliphatic rings. The molecular weight excluding hydrogens is 210 g/mol. The second-order valence-electron chi connectivity index (χ2n) is 3.86. The van der Waals surface area contributed by atoms with Crippen LogP contribution in [0.2, 0.25) is 0 Å². The zero-order valence-corrected chi connectivity index (χ0v) is 10.1. The van der Waals surface area contributed by atoms with E-state index in [-0.39, 0.29) is 19.1 Å². The Labute approximate surface area is 96.1 Å². The molecule has 0 amide bonds. The standard InChI is InChI=1S/C11H21NO4/c1-4-9(10(14)16-3)5-6-12-7-11(2,15)8-13/h5,12-13,15H,4,6-8H2,1-3H3. The molecule has 94 valence electrons. The van der Waals surface area contributed by atoms with Crippen LogP contribution in [0.25, 0.3) is 0 Å². The Bertz CT molecular complexity index is 248. The Kier molecular flexibility index (Phi) is 6.96. The molecule has 0 saturated carbocycles. The van der Waals surface area contributed by atoms with Crippen molar-refractivity contribution in [3.8, 4) is 0 Å². The highest BCUT2D eigenvalue weighted by atomic mass is 16.5. The van der Waals surface area contributed by atoms with E-state index in [1.165, 1.54) is 14.0 Å². The molecule has 0 aliphatic heterocycles. The summed E-state index contributed by atoms with van der Waals surface area (Å²) in [7, 11) is 1.34. The van der Waals surface area contributed by atoms with Crippen LogP contribution in [0, 0.1) is 0 Å². The number of rotatable bonds is 7. The van der Waals surface area contributed by atoms with Gasteiger partial charge < -0.3 is 20.3 Å². The first kappa shape index (κ1) is 15.1. The van der Waals surface area contributed by atoms with E-state index >= 15 is 0 Å². The maximum atomic E-state index is 11.2. The lowest BCUT2D eigenvalue weighted by atomic mass is 10.1. The molecule has 1 atom stereocenters. The van der Waals surface area contributed by atoms with Crippen molar-refractivity contribution in [2.75, 3.05) is 26.8 Å². The van der Waals surface area contributed by atoms with Crippen LogP contribution < -0.4 is 5.32 Å². The van der Waals surface area contributed by atoms with E-state index in [0.717, 1.165) is 0 Å². The summed E-state index contributed by atoms with van der Waals surface area (Å²) in [6.45, 7) is 3.81. The normalized spacial score (nSPS) is 15.7. The lowest BCUT2D eigenvalue weighted by Crippen LogP contribution is -2.41. The quantitative estimate of drug-likeness (QED) is 0.322. The monoisotopic (exact) mass is 231 g/mol. The first-order valence-electron chi connectivity index (χ1n) is 5.28. The minimum Gasteiger partial charge on any atom is -0.466 e. The number of hydrogen-bond donors (Lipinski definition) is 3. The van der Waals surface area contributed by atoms with Gasteiger partial charge in [-0.25, -0.2) is 4.79 Å². The Balaban J connectivity index is 4.03. The average Bonchev–Trinajstić information content (AvgIpc) is 2.28. The van der Waals surface area contributed by atoms with Crippen molar-refractivity contribution in [1.82, 2.24) is 5.32 Å². The van der Waals surface area contributed by atoms with Crippen LogP contribution in [0.3, 0.4) is 0 Å². The van der Waals surface area contributed by atoms with E-state index in [9.17, 15) is 9.90 Å². The number of hydrogen-bond acceptors (Lipinski definition) is 5. The maximum absolute atomic E-state index is 11.2. The number of aliphatic hydroxyl groups excluding tert-OH is 1. The fourth-order valence-corrected chi connectivity index (χ4v) is 1.10. The summed E-state index contributed by atoms with van der Waals surface area (Å²) >= 11 is 0. The zero-order chi connectivity index (χ0) is 12.6. The molecule has 1 unspecified atom stereocenters. The van der Waals surface area contributed by atoms with Crippen LogP contribution in [0.4, 0.5) is 0 Å². The van der Waals surface area contributed by atoms with Gasteiger partial charge >= 0.3 is 5.97 Å². The number of aliphatic hydroxyl groups is 2. The molecule has 0 aromatic carbocycles. The fraction of sp³-hybridized carbons (Fsp3) is 0.727. The summed E-state index contributed by atoms with van der Waals surface area (Å²) in [4.78, 5) is 11.2. The van der Waals surface area contributed by atoms with E-state index in [2.05, 4.69) is 10.1 Å². The topological polar surface area (TPSA) is 78.8 Å². The molecule has 0 spiro atoms.